The van der Waals surface area contributed by atoms with Gasteiger partial charge in [0.1, 0.15) is 9.77 Å². The van der Waals surface area contributed by atoms with Crippen LogP contribution in [0.2, 0.25) is 4.34 Å². The van der Waals surface area contributed by atoms with Gasteiger partial charge in [0.15, 0.2) is 5.69 Å². The van der Waals surface area contributed by atoms with E-state index in [9.17, 15) is 26.4 Å². The molecular formula is C12H11ClF3N3O4S2. The lowest BCUT2D eigenvalue weighted by atomic mass is 10.4. The molecule has 2 heterocycles. The normalized spacial score (nSPS) is 12.5. The second kappa shape index (κ2) is 6.94. The average Bonchev–Trinajstić information content (AvgIpc) is 3.03. The summed E-state index contributed by atoms with van der Waals surface area (Å²) in [7, 11) is -4.19. The Labute approximate surface area is 149 Å². The van der Waals surface area contributed by atoms with Crippen molar-refractivity contribution in [2.24, 2.45) is 0 Å². The van der Waals surface area contributed by atoms with E-state index < -0.39 is 37.6 Å². The first kappa shape index (κ1) is 19.7. The molecule has 2 aromatic rings. The summed E-state index contributed by atoms with van der Waals surface area (Å²) in [4.78, 5) is 10.1. The number of sulfonamides is 1. The number of hydrogen-bond donors (Lipinski definition) is 2. The van der Waals surface area contributed by atoms with Gasteiger partial charge in [0, 0.05) is 12.2 Å². The maximum atomic E-state index is 12.6. The maximum Gasteiger partial charge on any atom is 0.435 e. The predicted octanol–water partition coefficient (Wildman–Crippen LogP) is 2.60. The largest absolute Gasteiger partial charge is 0.477 e. The number of carbonyl (C=O) groups is 1. The topological polar surface area (TPSA) is 101 Å². The number of nitrogens with zero attached hydrogens (tertiary/aromatic N) is 2. The molecule has 2 aromatic heterocycles. The standard InChI is InChI=1S/C12H11ClF3N3O4S2/c1-6-4-8(12(14,15)16)18-19(6)3-2-17-25(22,23)7-5-9(13)24-10(7)11(20)21/h4-5,17H,2-3H2,1H3,(H,20,21). The third kappa shape index (κ3) is 4.51. The van der Waals surface area contributed by atoms with Crippen LogP contribution in [-0.2, 0) is 22.7 Å². The van der Waals surface area contributed by atoms with E-state index in [4.69, 9.17) is 16.7 Å². The molecule has 13 heteroatoms. The Kier molecular flexibility index (Phi) is 5.47. The van der Waals surface area contributed by atoms with Crippen LogP contribution >= 0.6 is 22.9 Å². The minimum absolute atomic E-state index is 0.0180. The summed E-state index contributed by atoms with van der Waals surface area (Å²) in [6.07, 6.45) is -4.60. The molecule has 7 nitrogen and oxygen atoms in total. The number of alkyl halides is 3. The molecule has 0 aliphatic rings. The molecule has 0 bridgehead atoms. The lowest BCUT2D eigenvalue weighted by molar-refractivity contribution is -0.141. The minimum atomic E-state index is -4.60. The first-order valence-corrected chi connectivity index (χ1v) is 9.23. The fourth-order valence-electron chi connectivity index (χ4n) is 1.93. The Morgan fingerprint density at radius 2 is 2.08 bits per heavy atom. The Bertz CT molecular complexity index is 905. The van der Waals surface area contributed by atoms with Gasteiger partial charge in [-0.3, -0.25) is 4.68 Å². The van der Waals surface area contributed by atoms with Gasteiger partial charge in [0.05, 0.1) is 10.9 Å². The fourth-order valence-corrected chi connectivity index (χ4v) is 4.61. The lowest BCUT2D eigenvalue weighted by Gasteiger charge is -2.08. The summed E-state index contributed by atoms with van der Waals surface area (Å²) in [5.74, 6) is -1.45. The Morgan fingerprint density at radius 3 is 2.60 bits per heavy atom. The maximum absolute atomic E-state index is 12.6. The van der Waals surface area contributed by atoms with Gasteiger partial charge < -0.3 is 5.11 Å². The zero-order chi connectivity index (χ0) is 19.0. The minimum Gasteiger partial charge on any atom is -0.477 e. The lowest BCUT2D eigenvalue weighted by Crippen LogP contribution is -2.28. The van der Waals surface area contributed by atoms with Crippen molar-refractivity contribution in [3.63, 3.8) is 0 Å². The molecule has 0 saturated heterocycles. The molecule has 0 amide bonds. The highest BCUT2D eigenvalue weighted by atomic mass is 35.5. The fraction of sp³-hybridized carbons (Fsp3) is 0.333. The van der Waals surface area contributed by atoms with Gasteiger partial charge in [-0.15, -0.1) is 11.3 Å². The molecule has 138 valence electrons. The summed E-state index contributed by atoms with van der Waals surface area (Å²) >= 11 is 6.25. The number of aryl methyl sites for hydroxylation is 1. The van der Waals surface area contributed by atoms with Crippen molar-refractivity contribution in [2.75, 3.05) is 6.54 Å². The first-order valence-electron chi connectivity index (χ1n) is 6.56. The number of thiophene rings is 1. The number of carboxylic acids is 1. The molecule has 25 heavy (non-hydrogen) atoms. The molecule has 0 aliphatic carbocycles. The van der Waals surface area contributed by atoms with Gasteiger partial charge in [0.25, 0.3) is 0 Å². The zero-order valence-electron chi connectivity index (χ0n) is 12.5. The summed E-state index contributed by atoms with van der Waals surface area (Å²) in [5.41, 5.74) is -0.873. The second-order valence-electron chi connectivity index (χ2n) is 4.84. The van der Waals surface area contributed by atoms with Crippen molar-refractivity contribution < 1.29 is 31.5 Å². The van der Waals surface area contributed by atoms with Crippen LogP contribution in [0.25, 0.3) is 0 Å². The van der Waals surface area contributed by atoms with Gasteiger partial charge in [0.2, 0.25) is 10.0 Å². The molecule has 2 N–H and O–H groups in total. The number of rotatable bonds is 6. The van der Waals surface area contributed by atoms with E-state index in [0.717, 1.165) is 16.8 Å². The van der Waals surface area contributed by atoms with Gasteiger partial charge in [-0.25, -0.2) is 17.9 Å². The van der Waals surface area contributed by atoms with Crippen LogP contribution in [-0.4, -0.2) is 35.8 Å². The average molecular weight is 418 g/mol. The van der Waals surface area contributed by atoms with Crippen LogP contribution in [0.4, 0.5) is 13.2 Å². The number of hydrogen-bond acceptors (Lipinski definition) is 5. The number of halogens is 4. The summed E-state index contributed by atoms with van der Waals surface area (Å²) in [6.45, 7) is 0.952. The smallest absolute Gasteiger partial charge is 0.435 e. The Balaban J connectivity index is 2.12. The number of carboxylic acid groups (broad SMARTS) is 1. The van der Waals surface area contributed by atoms with E-state index in [0.29, 0.717) is 11.3 Å². The van der Waals surface area contributed by atoms with E-state index >= 15 is 0 Å². The number of aromatic nitrogens is 2. The van der Waals surface area contributed by atoms with Crippen LogP contribution in [0.3, 0.4) is 0 Å². The summed E-state index contributed by atoms with van der Waals surface area (Å²) in [6, 6.07) is 1.84. The van der Waals surface area contributed by atoms with Gasteiger partial charge in [-0.05, 0) is 19.1 Å². The van der Waals surface area contributed by atoms with Crippen molar-refractivity contribution in [1.29, 1.82) is 0 Å². The van der Waals surface area contributed by atoms with E-state index in [1.807, 2.05) is 0 Å². The molecule has 0 radical (unpaired) electrons. The highest BCUT2D eigenvalue weighted by molar-refractivity contribution is 7.89. The Morgan fingerprint density at radius 1 is 1.44 bits per heavy atom. The monoisotopic (exact) mass is 417 g/mol. The van der Waals surface area contributed by atoms with Crippen LogP contribution in [0.5, 0.6) is 0 Å². The molecule has 0 aliphatic heterocycles. The predicted molar refractivity (Wildman–Crippen MR) is 83.4 cm³/mol. The quantitative estimate of drug-likeness (QED) is 0.752. The van der Waals surface area contributed by atoms with Crippen molar-refractivity contribution in [1.82, 2.24) is 14.5 Å². The van der Waals surface area contributed by atoms with Crippen LogP contribution in [0.15, 0.2) is 17.0 Å². The molecule has 0 unspecified atom stereocenters. The van der Waals surface area contributed by atoms with E-state index in [1.165, 1.54) is 6.92 Å². The highest BCUT2D eigenvalue weighted by Gasteiger charge is 2.34. The van der Waals surface area contributed by atoms with Gasteiger partial charge in [-0.1, -0.05) is 11.6 Å². The SMILES string of the molecule is Cc1cc(C(F)(F)F)nn1CCNS(=O)(=O)c1cc(Cl)sc1C(=O)O. The second-order valence-corrected chi connectivity index (χ2v) is 8.26. The highest BCUT2D eigenvalue weighted by Crippen LogP contribution is 2.30. The molecule has 0 atom stereocenters. The summed E-state index contributed by atoms with van der Waals surface area (Å²) < 4.78 is 65.2. The van der Waals surface area contributed by atoms with Crippen LogP contribution in [0.1, 0.15) is 21.1 Å². The third-order valence-corrected chi connectivity index (χ3v) is 5.91. The molecular weight excluding hydrogens is 407 g/mol. The Hall–Kier alpha value is -1.63. The molecule has 0 saturated carbocycles. The van der Waals surface area contributed by atoms with Crippen molar-refractivity contribution in [3.8, 4) is 0 Å². The summed E-state index contributed by atoms with van der Waals surface area (Å²) in [5, 5.41) is 12.4. The molecule has 0 spiro atoms. The molecule has 2 rings (SSSR count). The van der Waals surface area contributed by atoms with E-state index in [1.54, 1.807) is 0 Å². The van der Waals surface area contributed by atoms with E-state index in [-0.39, 0.29) is 23.1 Å². The van der Waals surface area contributed by atoms with E-state index in [2.05, 4.69) is 9.82 Å². The zero-order valence-corrected chi connectivity index (χ0v) is 14.9. The third-order valence-electron chi connectivity index (χ3n) is 3.04. The first-order chi connectivity index (χ1) is 11.4. The van der Waals surface area contributed by atoms with Crippen molar-refractivity contribution in [3.05, 3.63) is 32.7 Å². The van der Waals surface area contributed by atoms with Crippen molar-refractivity contribution in [2.45, 2.75) is 24.5 Å². The molecule has 0 fully saturated rings. The van der Waals surface area contributed by atoms with Gasteiger partial charge >= 0.3 is 12.1 Å². The molecule has 0 aromatic carbocycles. The van der Waals surface area contributed by atoms with Crippen LogP contribution in [0, 0.1) is 6.92 Å². The van der Waals surface area contributed by atoms with Crippen molar-refractivity contribution >= 4 is 38.9 Å². The number of aromatic carboxylic acids is 1. The van der Waals surface area contributed by atoms with Crippen LogP contribution < -0.4 is 4.72 Å². The number of nitrogens with one attached hydrogen (secondary N) is 1. The van der Waals surface area contributed by atoms with Gasteiger partial charge in [-0.2, -0.15) is 18.3 Å².